The molecule has 0 aromatic carbocycles. The van der Waals surface area contributed by atoms with E-state index < -0.39 is 0 Å². The molecule has 2 aromatic heterocycles. The minimum absolute atomic E-state index is 0.410. The number of aryl methyl sites for hydroxylation is 1. The lowest BCUT2D eigenvalue weighted by Gasteiger charge is -2.10. The van der Waals surface area contributed by atoms with Gasteiger partial charge in [0.05, 0.1) is 18.6 Å². The zero-order chi connectivity index (χ0) is 13.0. The number of nitrogens with zero attached hydrogens (tertiary/aromatic N) is 3. The SMILES string of the molecule is CCNC(C)c1ccn(Cc2cncn2CC)c1. The highest BCUT2D eigenvalue weighted by molar-refractivity contribution is 5.15. The van der Waals surface area contributed by atoms with Gasteiger partial charge >= 0.3 is 0 Å². The average Bonchev–Trinajstić information content (AvgIpc) is 2.99. The topological polar surface area (TPSA) is 34.8 Å². The molecule has 0 aliphatic carbocycles. The Morgan fingerprint density at radius 2 is 2.22 bits per heavy atom. The van der Waals surface area contributed by atoms with Gasteiger partial charge in [-0.3, -0.25) is 0 Å². The van der Waals surface area contributed by atoms with Crippen molar-refractivity contribution in [1.29, 1.82) is 0 Å². The van der Waals surface area contributed by atoms with Crippen molar-refractivity contribution in [2.75, 3.05) is 6.54 Å². The zero-order valence-electron chi connectivity index (χ0n) is 11.4. The summed E-state index contributed by atoms with van der Waals surface area (Å²) in [6.45, 7) is 9.31. The molecule has 0 amide bonds. The molecule has 2 rings (SSSR count). The first-order chi connectivity index (χ1) is 8.74. The molecule has 0 fully saturated rings. The third-order valence-corrected chi connectivity index (χ3v) is 3.27. The van der Waals surface area contributed by atoms with Crippen molar-refractivity contribution in [3.63, 3.8) is 0 Å². The molecule has 0 aliphatic rings. The molecule has 0 spiro atoms. The van der Waals surface area contributed by atoms with Crippen LogP contribution < -0.4 is 5.32 Å². The number of hydrogen-bond donors (Lipinski definition) is 1. The normalized spacial score (nSPS) is 12.8. The Morgan fingerprint density at radius 1 is 1.39 bits per heavy atom. The smallest absolute Gasteiger partial charge is 0.0948 e. The first-order valence-corrected chi connectivity index (χ1v) is 6.62. The Morgan fingerprint density at radius 3 is 2.94 bits per heavy atom. The molecule has 2 heterocycles. The molecule has 0 aliphatic heterocycles. The zero-order valence-corrected chi connectivity index (χ0v) is 11.4. The number of rotatable bonds is 6. The summed E-state index contributed by atoms with van der Waals surface area (Å²) >= 11 is 0. The molecule has 1 N–H and O–H groups in total. The first kappa shape index (κ1) is 12.9. The molecule has 4 nitrogen and oxygen atoms in total. The lowest BCUT2D eigenvalue weighted by molar-refractivity contribution is 0.595. The van der Waals surface area contributed by atoms with E-state index >= 15 is 0 Å². The second kappa shape index (κ2) is 5.87. The van der Waals surface area contributed by atoms with E-state index in [-0.39, 0.29) is 0 Å². The van der Waals surface area contributed by atoms with Gasteiger partial charge in [0.25, 0.3) is 0 Å². The van der Waals surface area contributed by atoms with Crippen molar-refractivity contribution in [2.45, 2.75) is 39.9 Å². The summed E-state index contributed by atoms with van der Waals surface area (Å²) in [6, 6.07) is 2.59. The molecule has 0 bridgehead atoms. The summed E-state index contributed by atoms with van der Waals surface area (Å²) < 4.78 is 4.39. The van der Waals surface area contributed by atoms with Crippen molar-refractivity contribution in [3.8, 4) is 0 Å². The van der Waals surface area contributed by atoms with Crippen LogP contribution in [0.3, 0.4) is 0 Å². The molecular formula is C14H22N4. The maximum atomic E-state index is 4.20. The highest BCUT2D eigenvalue weighted by atomic mass is 15.1. The van der Waals surface area contributed by atoms with Gasteiger partial charge < -0.3 is 14.5 Å². The minimum atomic E-state index is 0.410. The number of nitrogens with one attached hydrogen (secondary N) is 1. The van der Waals surface area contributed by atoms with Gasteiger partial charge in [0.1, 0.15) is 0 Å². The summed E-state index contributed by atoms with van der Waals surface area (Å²) in [7, 11) is 0. The summed E-state index contributed by atoms with van der Waals surface area (Å²) in [4.78, 5) is 4.20. The fourth-order valence-electron chi connectivity index (χ4n) is 2.19. The fraction of sp³-hybridized carbons (Fsp3) is 0.500. The Labute approximate surface area is 109 Å². The van der Waals surface area contributed by atoms with E-state index in [2.05, 4.69) is 58.7 Å². The van der Waals surface area contributed by atoms with Gasteiger partial charge in [-0.2, -0.15) is 0 Å². The predicted octanol–water partition coefficient (Wildman–Crippen LogP) is 2.42. The van der Waals surface area contributed by atoms with Gasteiger partial charge in [-0.05, 0) is 32.0 Å². The average molecular weight is 246 g/mol. The summed E-state index contributed by atoms with van der Waals surface area (Å²) in [5.41, 5.74) is 2.58. The Bertz CT molecular complexity index is 483. The number of hydrogen-bond acceptors (Lipinski definition) is 2. The molecule has 1 unspecified atom stereocenters. The van der Waals surface area contributed by atoms with E-state index in [9.17, 15) is 0 Å². The lowest BCUT2D eigenvalue weighted by atomic mass is 10.2. The van der Waals surface area contributed by atoms with E-state index in [1.165, 1.54) is 11.3 Å². The van der Waals surface area contributed by atoms with Gasteiger partial charge in [0.15, 0.2) is 0 Å². The highest BCUT2D eigenvalue weighted by Gasteiger charge is 2.06. The first-order valence-electron chi connectivity index (χ1n) is 6.62. The van der Waals surface area contributed by atoms with Crippen LogP contribution in [0.2, 0.25) is 0 Å². The van der Waals surface area contributed by atoms with Crippen LogP contribution >= 0.6 is 0 Å². The molecule has 2 aromatic rings. The van der Waals surface area contributed by atoms with E-state index in [1.807, 2.05) is 12.5 Å². The standard InChI is InChI=1S/C14H22N4/c1-4-16-12(3)13-6-7-17(9-13)10-14-8-15-11-18(14)5-2/h6-9,11-12,16H,4-5,10H2,1-3H3. The summed E-state index contributed by atoms with van der Waals surface area (Å²) in [6.07, 6.45) is 8.18. The molecule has 0 saturated carbocycles. The van der Waals surface area contributed by atoms with Crippen LogP contribution in [0, 0.1) is 0 Å². The van der Waals surface area contributed by atoms with Gasteiger partial charge in [-0.15, -0.1) is 0 Å². The minimum Gasteiger partial charge on any atom is -0.348 e. The second-order valence-corrected chi connectivity index (χ2v) is 4.57. The van der Waals surface area contributed by atoms with E-state index in [0.717, 1.165) is 19.6 Å². The van der Waals surface area contributed by atoms with Crippen LogP contribution in [0.1, 0.15) is 38.1 Å². The second-order valence-electron chi connectivity index (χ2n) is 4.57. The van der Waals surface area contributed by atoms with Gasteiger partial charge in [-0.1, -0.05) is 6.92 Å². The third-order valence-electron chi connectivity index (χ3n) is 3.27. The van der Waals surface area contributed by atoms with Crippen molar-refractivity contribution in [1.82, 2.24) is 19.4 Å². The van der Waals surface area contributed by atoms with Gasteiger partial charge in [0.2, 0.25) is 0 Å². The van der Waals surface area contributed by atoms with E-state index in [4.69, 9.17) is 0 Å². The van der Waals surface area contributed by atoms with Crippen LogP contribution in [0.15, 0.2) is 31.0 Å². The summed E-state index contributed by atoms with van der Waals surface area (Å²) in [5, 5.41) is 3.43. The molecule has 98 valence electrons. The van der Waals surface area contributed by atoms with Crippen LogP contribution in [0.4, 0.5) is 0 Å². The number of aromatic nitrogens is 3. The van der Waals surface area contributed by atoms with Gasteiger partial charge in [-0.25, -0.2) is 4.98 Å². The van der Waals surface area contributed by atoms with Crippen LogP contribution in [-0.4, -0.2) is 20.7 Å². The molecule has 0 radical (unpaired) electrons. The fourth-order valence-corrected chi connectivity index (χ4v) is 2.19. The molecular weight excluding hydrogens is 224 g/mol. The largest absolute Gasteiger partial charge is 0.348 e. The lowest BCUT2D eigenvalue weighted by Crippen LogP contribution is -2.17. The Balaban J connectivity index is 2.07. The van der Waals surface area contributed by atoms with Crippen LogP contribution in [0.25, 0.3) is 0 Å². The summed E-state index contributed by atoms with van der Waals surface area (Å²) in [5.74, 6) is 0. The Kier molecular flexibility index (Phi) is 4.20. The monoisotopic (exact) mass is 246 g/mol. The molecule has 0 saturated heterocycles. The van der Waals surface area contributed by atoms with Crippen molar-refractivity contribution < 1.29 is 0 Å². The maximum Gasteiger partial charge on any atom is 0.0948 e. The van der Waals surface area contributed by atoms with Crippen LogP contribution in [0.5, 0.6) is 0 Å². The highest BCUT2D eigenvalue weighted by Crippen LogP contribution is 2.13. The molecule has 4 heteroatoms. The molecule has 1 atom stereocenters. The number of imidazole rings is 1. The van der Waals surface area contributed by atoms with E-state index in [1.54, 1.807) is 0 Å². The van der Waals surface area contributed by atoms with E-state index in [0.29, 0.717) is 6.04 Å². The van der Waals surface area contributed by atoms with Crippen molar-refractivity contribution in [3.05, 3.63) is 42.2 Å². The van der Waals surface area contributed by atoms with Crippen molar-refractivity contribution in [2.24, 2.45) is 0 Å². The maximum absolute atomic E-state index is 4.20. The quantitative estimate of drug-likeness (QED) is 0.849. The molecule has 18 heavy (non-hydrogen) atoms. The third kappa shape index (κ3) is 2.82. The Hall–Kier alpha value is -1.55. The van der Waals surface area contributed by atoms with Crippen molar-refractivity contribution >= 4 is 0 Å². The van der Waals surface area contributed by atoms with Crippen LogP contribution in [-0.2, 0) is 13.1 Å². The predicted molar refractivity (Wildman–Crippen MR) is 73.5 cm³/mol. The van der Waals surface area contributed by atoms with Gasteiger partial charge in [0, 0.05) is 31.2 Å².